The van der Waals surface area contributed by atoms with Crippen LogP contribution in [0.25, 0.3) is 44.8 Å². The summed E-state index contributed by atoms with van der Waals surface area (Å²) in [6, 6.07) is 20.4. The number of ether oxygens (including phenoxy) is 2. The van der Waals surface area contributed by atoms with Crippen LogP contribution >= 0.6 is 0 Å². The Labute approximate surface area is 249 Å². The molecule has 42 heavy (non-hydrogen) atoms. The summed E-state index contributed by atoms with van der Waals surface area (Å²) in [5.74, 6) is 3.43. The van der Waals surface area contributed by atoms with E-state index in [2.05, 4.69) is 72.2 Å². The lowest BCUT2D eigenvalue weighted by Crippen LogP contribution is -2.13. The molecule has 2 N–H and O–H groups in total. The first-order valence-corrected chi connectivity index (χ1v) is 15.1. The number of unbranched alkanes of at least 4 members (excludes halogenated alkanes) is 4. The molecule has 0 radical (unpaired) electrons. The zero-order chi connectivity index (χ0) is 29.3. The van der Waals surface area contributed by atoms with Crippen molar-refractivity contribution in [1.29, 1.82) is 0 Å². The van der Waals surface area contributed by atoms with Crippen molar-refractivity contribution in [3.63, 3.8) is 0 Å². The molecule has 5 aromatic rings. The van der Waals surface area contributed by atoms with E-state index in [0.29, 0.717) is 0 Å². The van der Waals surface area contributed by atoms with Gasteiger partial charge in [0.05, 0.1) is 35.3 Å². The van der Waals surface area contributed by atoms with Gasteiger partial charge in [0.15, 0.2) is 0 Å². The Bertz CT molecular complexity index is 1440. The minimum Gasteiger partial charge on any atom is -0.494 e. The monoisotopic (exact) mass is 568 g/mol. The molecule has 0 unspecified atom stereocenters. The number of hydrogen-bond acceptors (Lipinski definition) is 6. The molecular formula is C34H44N6O2. The summed E-state index contributed by atoms with van der Waals surface area (Å²) in [4.78, 5) is 21.0. The van der Waals surface area contributed by atoms with Crippen LogP contribution in [0.15, 0.2) is 60.7 Å². The zero-order valence-corrected chi connectivity index (χ0v) is 25.4. The van der Waals surface area contributed by atoms with Crippen LogP contribution < -0.4 is 9.47 Å². The van der Waals surface area contributed by atoms with Gasteiger partial charge in [0, 0.05) is 23.3 Å². The molecule has 0 atom stereocenters. The van der Waals surface area contributed by atoms with Gasteiger partial charge in [0.2, 0.25) is 0 Å². The molecule has 0 fully saturated rings. The second-order valence-electron chi connectivity index (χ2n) is 11.5. The smallest absolute Gasteiger partial charge is 0.138 e. The van der Waals surface area contributed by atoms with Gasteiger partial charge < -0.3 is 29.2 Å². The van der Waals surface area contributed by atoms with E-state index in [-0.39, 0.29) is 0 Å². The van der Waals surface area contributed by atoms with E-state index in [4.69, 9.17) is 19.4 Å². The first kappa shape index (κ1) is 29.6. The van der Waals surface area contributed by atoms with E-state index in [9.17, 15) is 0 Å². The fraction of sp³-hybridized carbons (Fsp3) is 0.412. The minimum atomic E-state index is 0.731. The van der Waals surface area contributed by atoms with E-state index in [1.165, 1.54) is 25.7 Å². The number of rotatable bonds is 16. The highest BCUT2D eigenvalue weighted by molar-refractivity contribution is 5.82. The summed E-state index contributed by atoms with van der Waals surface area (Å²) in [6.07, 6.45) is 6.86. The minimum absolute atomic E-state index is 0.731. The van der Waals surface area contributed by atoms with Crippen LogP contribution in [0.4, 0.5) is 0 Å². The molecule has 0 aliphatic rings. The van der Waals surface area contributed by atoms with Crippen molar-refractivity contribution < 1.29 is 9.47 Å². The Morgan fingerprint density at radius 1 is 0.548 bits per heavy atom. The van der Waals surface area contributed by atoms with Crippen LogP contribution in [0.3, 0.4) is 0 Å². The summed E-state index contributed by atoms with van der Waals surface area (Å²) in [7, 11) is 8.45. The van der Waals surface area contributed by atoms with Crippen molar-refractivity contribution in [2.75, 3.05) is 54.5 Å². The summed E-state index contributed by atoms with van der Waals surface area (Å²) in [5, 5.41) is 0. The second-order valence-corrected chi connectivity index (χ2v) is 11.5. The number of fused-ring (bicyclic) bond motifs is 2. The van der Waals surface area contributed by atoms with Gasteiger partial charge in [-0.25, -0.2) is 9.97 Å². The van der Waals surface area contributed by atoms with Crippen LogP contribution in [0.1, 0.15) is 38.5 Å². The Balaban J connectivity index is 1.17. The lowest BCUT2D eigenvalue weighted by atomic mass is 10.1. The highest BCUT2D eigenvalue weighted by Crippen LogP contribution is 2.28. The SMILES string of the molecule is CN(C)CCCCCOc1ccc2nc(-c3ccc(-c4nc5ccc(OCCCCCN(C)C)cc5[nH]4)cc3)[nH]c2c1. The summed E-state index contributed by atoms with van der Waals surface area (Å²) in [5.41, 5.74) is 5.85. The molecule has 0 spiro atoms. The van der Waals surface area contributed by atoms with Crippen molar-refractivity contribution in [3.05, 3.63) is 60.7 Å². The number of nitrogens with one attached hydrogen (secondary N) is 2. The van der Waals surface area contributed by atoms with E-state index in [1.54, 1.807) is 0 Å². The van der Waals surface area contributed by atoms with Gasteiger partial charge in [-0.15, -0.1) is 0 Å². The Kier molecular flexibility index (Phi) is 10.1. The highest BCUT2D eigenvalue weighted by Gasteiger charge is 2.10. The van der Waals surface area contributed by atoms with Gasteiger partial charge in [-0.1, -0.05) is 24.3 Å². The summed E-state index contributed by atoms with van der Waals surface area (Å²) < 4.78 is 12.0. The van der Waals surface area contributed by atoms with Crippen LogP contribution in [0, 0.1) is 0 Å². The third-order valence-corrected chi connectivity index (χ3v) is 7.38. The van der Waals surface area contributed by atoms with Gasteiger partial charge >= 0.3 is 0 Å². The molecule has 222 valence electrons. The Hall–Kier alpha value is -3.88. The first-order valence-electron chi connectivity index (χ1n) is 15.1. The molecule has 0 amide bonds. The lowest BCUT2D eigenvalue weighted by molar-refractivity contribution is 0.299. The second kappa shape index (κ2) is 14.3. The third kappa shape index (κ3) is 8.11. The number of aromatic nitrogens is 4. The predicted octanol–water partition coefficient (Wildman–Crippen LogP) is 6.99. The van der Waals surface area contributed by atoms with Crippen LogP contribution in [-0.4, -0.2) is 84.2 Å². The maximum absolute atomic E-state index is 5.99. The molecule has 5 rings (SSSR count). The van der Waals surface area contributed by atoms with Crippen molar-refractivity contribution in [1.82, 2.24) is 29.7 Å². The predicted molar refractivity (Wildman–Crippen MR) is 172 cm³/mol. The van der Waals surface area contributed by atoms with Crippen molar-refractivity contribution in [3.8, 4) is 34.3 Å². The molecule has 0 aliphatic carbocycles. The number of H-pyrrole nitrogens is 2. The number of nitrogens with zero attached hydrogens (tertiary/aromatic N) is 4. The molecule has 8 nitrogen and oxygen atoms in total. The zero-order valence-electron chi connectivity index (χ0n) is 25.4. The average molecular weight is 569 g/mol. The maximum Gasteiger partial charge on any atom is 0.138 e. The number of benzene rings is 3. The third-order valence-electron chi connectivity index (χ3n) is 7.38. The fourth-order valence-corrected chi connectivity index (χ4v) is 5.01. The van der Waals surface area contributed by atoms with Gasteiger partial charge in [-0.3, -0.25) is 0 Å². The molecular weight excluding hydrogens is 524 g/mol. The van der Waals surface area contributed by atoms with Gasteiger partial charge in [-0.05, 0) is 104 Å². The topological polar surface area (TPSA) is 82.3 Å². The van der Waals surface area contributed by atoms with Crippen molar-refractivity contribution in [2.24, 2.45) is 0 Å². The lowest BCUT2D eigenvalue weighted by Gasteiger charge is -2.09. The highest BCUT2D eigenvalue weighted by atomic mass is 16.5. The normalized spacial score (nSPS) is 11.8. The molecule has 3 aromatic carbocycles. The van der Waals surface area contributed by atoms with E-state index < -0.39 is 0 Å². The molecule has 2 heterocycles. The molecule has 0 bridgehead atoms. The van der Waals surface area contributed by atoms with E-state index in [1.807, 2.05) is 36.4 Å². The molecule has 0 saturated heterocycles. The van der Waals surface area contributed by atoms with Gasteiger partial charge in [-0.2, -0.15) is 0 Å². The van der Waals surface area contributed by atoms with Crippen molar-refractivity contribution in [2.45, 2.75) is 38.5 Å². The summed E-state index contributed by atoms with van der Waals surface area (Å²) >= 11 is 0. The first-order chi connectivity index (χ1) is 20.4. The fourth-order valence-electron chi connectivity index (χ4n) is 5.01. The Morgan fingerprint density at radius 2 is 0.976 bits per heavy atom. The van der Waals surface area contributed by atoms with Crippen molar-refractivity contribution >= 4 is 22.1 Å². The van der Waals surface area contributed by atoms with Crippen LogP contribution in [-0.2, 0) is 0 Å². The average Bonchev–Trinajstić information content (AvgIpc) is 3.60. The molecule has 8 heteroatoms. The van der Waals surface area contributed by atoms with E-state index in [0.717, 1.165) is 95.5 Å². The van der Waals surface area contributed by atoms with Gasteiger partial charge in [0.25, 0.3) is 0 Å². The maximum atomic E-state index is 5.99. The van der Waals surface area contributed by atoms with Crippen LogP contribution in [0.5, 0.6) is 11.5 Å². The molecule has 0 saturated carbocycles. The van der Waals surface area contributed by atoms with Gasteiger partial charge in [0.1, 0.15) is 23.1 Å². The number of aromatic amines is 2. The Morgan fingerprint density at radius 3 is 1.38 bits per heavy atom. The number of hydrogen-bond donors (Lipinski definition) is 2. The quantitative estimate of drug-likeness (QED) is 0.125. The largest absolute Gasteiger partial charge is 0.494 e. The molecule has 2 aromatic heterocycles. The summed E-state index contributed by atoms with van der Waals surface area (Å²) in [6.45, 7) is 3.70. The van der Waals surface area contributed by atoms with E-state index >= 15 is 0 Å². The number of imidazole rings is 2. The standard InChI is InChI=1S/C34H44N6O2/c1-39(2)19-7-5-9-21-41-27-15-17-29-31(23-27)37-33(35-29)25-11-13-26(14-12-25)34-36-30-18-16-28(24-32(30)38-34)42-22-10-6-8-20-40(3)4/h11-18,23-24H,5-10,19-22H2,1-4H3,(H,35,37)(H,36,38). The molecule has 0 aliphatic heterocycles. The van der Waals surface area contributed by atoms with Crippen LogP contribution in [0.2, 0.25) is 0 Å².